The zero-order valence-electron chi connectivity index (χ0n) is 29.6. The topological polar surface area (TPSA) is 126 Å². The SMILES string of the molecule is COc1ccc([C@@H]2[C@@H](CC[C@H](O)c3ccc(F)cc3)C(=O)N2c2ccc(CNC(=O)N3CCN(C(=O)C[N+]45CCN(CC4)CC5)CC3)cc2)c(O)c1. The van der Waals surface area contributed by atoms with E-state index in [0.717, 1.165) is 49.3 Å². The van der Waals surface area contributed by atoms with Crippen molar-refractivity contribution in [3.63, 3.8) is 0 Å². The van der Waals surface area contributed by atoms with Crippen molar-refractivity contribution in [2.24, 2.45) is 5.92 Å². The maximum absolute atomic E-state index is 13.6. The molecule has 0 aromatic heterocycles. The number of benzene rings is 3. The van der Waals surface area contributed by atoms with Crippen LogP contribution in [0.3, 0.4) is 0 Å². The first kappa shape index (κ1) is 35.7. The monoisotopic (exact) mass is 715 g/mol. The minimum atomic E-state index is -0.868. The Bertz CT molecular complexity index is 1740. The number of halogens is 1. The number of aromatic hydroxyl groups is 1. The number of carbonyl (C=O) groups excluding carboxylic acids is 3. The van der Waals surface area contributed by atoms with E-state index in [9.17, 15) is 29.0 Å². The molecule has 0 unspecified atom stereocenters. The lowest BCUT2D eigenvalue weighted by Crippen LogP contribution is -2.69. The number of phenols is 1. The first-order chi connectivity index (χ1) is 25.1. The number of aliphatic hydroxyl groups is 1. The molecule has 5 aliphatic rings. The number of amides is 4. The highest BCUT2D eigenvalue weighted by atomic mass is 19.1. The van der Waals surface area contributed by atoms with E-state index in [1.807, 2.05) is 29.2 Å². The Labute approximate surface area is 303 Å². The van der Waals surface area contributed by atoms with Crippen molar-refractivity contribution in [1.82, 2.24) is 20.0 Å². The minimum Gasteiger partial charge on any atom is -0.507 e. The van der Waals surface area contributed by atoms with Crippen LogP contribution in [0, 0.1) is 11.7 Å². The van der Waals surface area contributed by atoms with Gasteiger partial charge in [-0.2, -0.15) is 0 Å². The number of carbonyl (C=O) groups is 3. The number of rotatable bonds is 11. The first-order valence-corrected chi connectivity index (χ1v) is 18.2. The van der Waals surface area contributed by atoms with E-state index in [1.54, 1.807) is 21.9 Å². The second-order valence-corrected chi connectivity index (χ2v) is 14.5. The number of ether oxygens (including phenoxy) is 1. The summed E-state index contributed by atoms with van der Waals surface area (Å²) in [5.74, 6) is -0.335. The third-order valence-corrected chi connectivity index (χ3v) is 11.5. The number of anilines is 1. The van der Waals surface area contributed by atoms with Gasteiger partial charge in [0.25, 0.3) is 5.91 Å². The summed E-state index contributed by atoms with van der Waals surface area (Å²) in [4.78, 5) is 47.6. The van der Waals surface area contributed by atoms with Crippen molar-refractivity contribution < 1.29 is 38.2 Å². The highest BCUT2D eigenvalue weighted by Crippen LogP contribution is 2.49. The second-order valence-electron chi connectivity index (χ2n) is 14.5. The van der Waals surface area contributed by atoms with Gasteiger partial charge in [-0.25, -0.2) is 9.18 Å². The summed E-state index contributed by atoms with van der Waals surface area (Å²) in [6, 6.07) is 17.4. The smallest absolute Gasteiger partial charge is 0.317 e. The second kappa shape index (κ2) is 15.1. The Morgan fingerprint density at radius 1 is 0.923 bits per heavy atom. The lowest BCUT2D eigenvalue weighted by Gasteiger charge is -2.50. The van der Waals surface area contributed by atoms with Crippen molar-refractivity contribution in [2.45, 2.75) is 31.5 Å². The van der Waals surface area contributed by atoms with Crippen molar-refractivity contribution in [3.05, 3.63) is 89.2 Å². The third-order valence-electron chi connectivity index (χ3n) is 11.5. The summed E-state index contributed by atoms with van der Waals surface area (Å²) in [6.07, 6.45) is -0.228. The van der Waals surface area contributed by atoms with Crippen LogP contribution in [0.5, 0.6) is 11.5 Å². The molecule has 5 heterocycles. The lowest BCUT2D eigenvalue weighted by molar-refractivity contribution is -0.934. The molecule has 52 heavy (non-hydrogen) atoms. The quantitative estimate of drug-likeness (QED) is 0.206. The molecule has 4 amide bonds. The zero-order chi connectivity index (χ0) is 36.4. The van der Waals surface area contributed by atoms with Crippen molar-refractivity contribution in [2.75, 3.05) is 84.0 Å². The molecule has 12 nitrogen and oxygen atoms in total. The highest BCUT2D eigenvalue weighted by molar-refractivity contribution is 6.03. The molecule has 0 spiro atoms. The van der Waals surface area contributed by atoms with Crippen LogP contribution >= 0.6 is 0 Å². The predicted molar refractivity (Wildman–Crippen MR) is 192 cm³/mol. The van der Waals surface area contributed by atoms with E-state index < -0.39 is 18.1 Å². The largest absolute Gasteiger partial charge is 0.507 e. The Morgan fingerprint density at radius 3 is 2.21 bits per heavy atom. The number of nitrogens with zero attached hydrogens (tertiary/aromatic N) is 5. The molecule has 8 rings (SSSR count). The summed E-state index contributed by atoms with van der Waals surface area (Å²) < 4.78 is 19.6. The molecule has 5 aliphatic heterocycles. The molecule has 0 radical (unpaired) electrons. The van der Waals surface area contributed by atoms with Gasteiger partial charge in [0.2, 0.25) is 5.91 Å². The van der Waals surface area contributed by atoms with Gasteiger partial charge in [-0.15, -0.1) is 0 Å². The van der Waals surface area contributed by atoms with E-state index in [0.29, 0.717) is 68.3 Å². The highest BCUT2D eigenvalue weighted by Gasteiger charge is 2.49. The number of quaternary nitrogens is 1. The molecule has 5 saturated heterocycles. The van der Waals surface area contributed by atoms with Crippen LogP contribution in [-0.2, 0) is 16.1 Å². The van der Waals surface area contributed by atoms with E-state index in [4.69, 9.17) is 4.74 Å². The Balaban J connectivity index is 0.941. The summed E-state index contributed by atoms with van der Waals surface area (Å²) in [7, 11) is 1.51. The number of nitrogens with one attached hydrogen (secondary N) is 1. The average Bonchev–Trinajstić information content (AvgIpc) is 3.17. The molecular weight excluding hydrogens is 667 g/mol. The van der Waals surface area contributed by atoms with Crippen molar-refractivity contribution >= 4 is 23.5 Å². The van der Waals surface area contributed by atoms with Gasteiger partial charge in [0.1, 0.15) is 17.3 Å². The maximum Gasteiger partial charge on any atom is 0.317 e. The number of aliphatic hydroxyl groups excluding tert-OH is 1. The third kappa shape index (κ3) is 7.43. The standard InChI is InChI=1S/C39H47FN6O6/c1-52-31-10-11-32(35(48)24-31)37-33(12-13-34(47)28-4-6-29(40)7-5-28)38(50)45(37)30-8-2-27(3-9-30)25-41-39(51)44-16-14-43(15-17-44)36(49)26-46-21-18-42(19-22-46)20-23-46/h2-11,24,33-34,37,47H,12-23,25-26H2,1H3,(H-,41,48,51)/p+1/t33-,34+,37-/m1/s1. The lowest BCUT2D eigenvalue weighted by atomic mass is 9.78. The van der Waals surface area contributed by atoms with Crippen LogP contribution in [0.4, 0.5) is 14.9 Å². The summed E-state index contributed by atoms with van der Waals surface area (Å²) in [5, 5.41) is 24.7. The molecule has 13 heteroatoms. The number of piperazine rings is 4. The van der Waals surface area contributed by atoms with Gasteiger partial charge in [0, 0.05) is 69.7 Å². The van der Waals surface area contributed by atoms with Crippen molar-refractivity contribution in [3.8, 4) is 11.5 Å². The summed E-state index contributed by atoms with van der Waals surface area (Å²) in [6.45, 7) is 9.26. The molecule has 276 valence electrons. The van der Waals surface area contributed by atoms with Crippen LogP contribution in [0.25, 0.3) is 0 Å². The van der Waals surface area contributed by atoms with Gasteiger partial charge in [-0.3, -0.25) is 14.5 Å². The minimum absolute atomic E-state index is 0.00357. The van der Waals surface area contributed by atoms with E-state index in [-0.39, 0.29) is 35.8 Å². The molecule has 3 N–H and O–H groups in total. The van der Waals surface area contributed by atoms with Gasteiger partial charge in [-0.1, -0.05) is 24.3 Å². The van der Waals surface area contributed by atoms with E-state index >= 15 is 0 Å². The molecule has 0 aliphatic carbocycles. The van der Waals surface area contributed by atoms with Gasteiger partial charge >= 0.3 is 6.03 Å². The molecule has 3 aromatic rings. The normalized spacial score (nSPS) is 24.7. The van der Waals surface area contributed by atoms with Crippen LogP contribution in [-0.4, -0.2) is 126 Å². The molecule has 3 aromatic carbocycles. The van der Waals surface area contributed by atoms with Crippen LogP contribution < -0.4 is 15.0 Å². The Hall–Kier alpha value is -4.72. The number of urea groups is 1. The molecule has 5 fully saturated rings. The summed E-state index contributed by atoms with van der Waals surface area (Å²) in [5.41, 5.74) is 2.65. The molecule has 3 atom stereocenters. The first-order valence-electron chi connectivity index (χ1n) is 18.2. The average molecular weight is 716 g/mol. The number of phenolic OH excluding ortho intramolecular Hbond substituents is 1. The summed E-state index contributed by atoms with van der Waals surface area (Å²) >= 11 is 0. The zero-order valence-corrected chi connectivity index (χ0v) is 29.6. The number of fused-ring (bicyclic) bond motifs is 3. The number of methoxy groups -OCH3 is 1. The van der Waals surface area contributed by atoms with Crippen LogP contribution in [0.2, 0.25) is 0 Å². The van der Waals surface area contributed by atoms with Gasteiger partial charge in [-0.05, 0) is 60.4 Å². The van der Waals surface area contributed by atoms with Crippen molar-refractivity contribution in [1.29, 1.82) is 0 Å². The Morgan fingerprint density at radius 2 is 1.58 bits per heavy atom. The predicted octanol–water partition coefficient (Wildman–Crippen LogP) is 3.26. The fraction of sp³-hybridized carbons (Fsp3) is 0.462. The van der Waals surface area contributed by atoms with Crippen LogP contribution in [0.1, 0.15) is 41.7 Å². The molecular formula is C39H48FN6O6+. The van der Waals surface area contributed by atoms with E-state index in [1.165, 1.54) is 37.4 Å². The van der Waals surface area contributed by atoms with Gasteiger partial charge in [0.15, 0.2) is 6.54 Å². The number of hydrogen-bond acceptors (Lipinski definition) is 7. The fourth-order valence-corrected chi connectivity index (χ4v) is 8.14. The Kier molecular flexibility index (Phi) is 10.4. The maximum atomic E-state index is 13.6. The van der Waals surface area contributed by atoms with Gasteiger partial charge < -0.3 is 39.4 Å². The van der Waals surface area contributed by atoms with Crippen LogP contribution in [0.15, 0.2) is 66.7 Å². The van der Waals surface area contributed by atoms with E-state index in [2.05, 4.69) is 10.2 Å². The van der Waals surface area contributed by atoms with Gasteiger partial charge in [0.05, 0.1) is 44.8 Å². The fourth-order valence-electron chi connectivity index (χ4n) is 8.14. The number of hydrogen-bond donors (Lipinski definition) is 3. The molecule has 2 bridgehead atoms. The number of β-lactam (4-membered cyclic amide) rings is 1. The molecule has 0 saturated carbocycles.